The van der Waals surface area contributed by atoms with Crippen molar-refractivity contribution in [2.75, 3.05) is 0 Å². The van der Waals surface area contributed by atoms with Gasteiger partial charge in [-0.05, 0) is 29.7 Å². The molecule has 33 heavy (non-hydrogen) atoms. The van der Waals surface area contributed by atoms with Gasteiger partial charge in [-0.2, -0.15) is 17.6 Å². The fourth-order valence-electron chi connectivity index (χ4n) is 3.20. The van der Waals surface area contributed by atoms with Crippen molar-refractivity contribution >= 4 is 0 Å². The zero-order chi connectivity index (χ0) is 24.3. The van der Waals surface area contributed by atoms with E-state index in [1.807, 2.05) is 6.92 Å². The summed E-state index contributed by atoms with van der Waals surface area (Å²) in [5, 5.41) is 12.2. The lowest BCUT2D eigenvalue weighted by Gasteiger charge is -2.21. The van der Waals surface area contributed by atoms with Gasteiger partial charge in [0, 0.05) is 12.1 Å². The zero-order valence-corrected chi connectivity index (χ0v) is 17.0. The van der Waals surface area contributed by atoms with Crippen LogP contribution in [0.4, 0.5) is 30.7 Å². The van der Waals surface area contributed by atoms with E-state index >= 15 is 4.39 Å². The van der Waals surface area contributed by atoms with Crippen LogP contribution < -0.4 is 9.47 Å². The van der Waals surface area contributed by atoms with Gasteiger partial charge >= 0.3 is 12.7 Å². The minimum absolute atomic E-state index is 0.0473. The molecule has 3 aromatic rings. The van der Waals surface area contributed by atoms with Gasteiger partial charge in [-0.15, -0.1) is 0 Å². The van der Waals surface area contributed by atoms with Crippen LogP contribution in [-0.4, -0.2) is 6.61 Å². The Hall–Kier alpha value is -3.43. The summed E-state index contributed by atoms with van der Waals surface area (Å²) in [5.74, 6) is -8.20. The number of halogens is 7. The first kappa shape index (κ1) is 24.2. The summed E-state index contributed by atoms with van der Waals surface area (Å²) in [4.78, 5) is 0. The van der Waals surface area contributed by atoms with Crippen molar-refractivity contribution in [3.8, 4) is 28.4 Å². The molecule has 10 heteroatoms. The summed E-state index contributed by atoms with van der Waals surface area (Å²) >= 11 is 0. The Bertz CT molecular complexity index is 1130. The molecule has 0 aliphatic carbocycles. The van der Waals surface area contributed by atoms with Crippen LogP contribution in [0.1, 0.15) is 24.5 Å². The predicted molar refractivity (Wildman–Crippen MR) is 103 cm³/mol. The van der Waals surface area contributed by atoms with Crippen LogP contribution >= 0.6 is 0 Å². The molecule has 0 fully saturated rings. The lowest BCUT2D eigenvalue weighted by atomic mass is 9.98. The first-order chi connectivity index (χ1) is 15.5. The number of alkyl halides is 4. The molecule has 0 saturated heterocycles. The van der Waals surface area contributed by atoms with Crippen molar-refractivity contribution < 1.29 is 45.3 Å². The van der Waals surface area contributed by atoms with E-state index in [4.69, 9.17) is 0 Å². The average molecular weight is 473 g/mol. The SMILES string of the molecule is CCCc1ccc(-c2c([O])cc(F)c(C(F)(F)Oc3ccc(OC(F)F)c(F)c3)c2F)cc1. The van der Waals surface area contributed by atoms with Gasteiger partial charge < -0.3 is 9.47 Å². The van der Waals surface area contributed by atoms with Gasteiger partial charge in [-0.25, -0.2) is 13.2 Å². The molecule has 0 atom stereocenters. The first-order valence-electron chi connectivity index (χ1n) is 9.63. The van der Waals surface area contributed by atoms with E-state index in [0.717, 1.165) is 12.0 Å². The predicted octanol–water partition coefficient (Wildman–Crippen LogP) is 7.60. The van der Waals surface area contributed by atoms with E-state index in [-0.39, 0.29) is 17.7 Å². The van der Waals surface area contributed by atoms with Gasteiger partial charge in [-0.3, -0.25) is 5.11 Å². The summed E-state index contributed by atoms with van der Waals surface area (Å²) in [5.41, 5.74) is -1.83. The molecule has 0 amide bonds. The van der Waals surface area contributed by atoms with Crippen LogP contribution in [0.2, 0.25) is 0 Å². The summed E-state index contributed by atoms with van der Waals surface area (Å²) in [6.07, 6.45) is -3.16. The maximum absolute atomic E-state index is 15.0. The highest BCUT2D eigenvalue weighted by atomic mass is 19.3. The number of ether oxygens (including phenoxy) is 2. The van der Waals surface area contributed by atoms with Crippen molar-refractivity contribution in [1.82, 2.24) is 0 Å². The van der Waals surface area contributed by atoms with Crippen LogP contribution in [0.25, 0.3) is 11.1 Å². The second kappa shape index (κ2) is 9.60. The monoisotopic (exact) mass is 473 g/mol. The second-order valence-electron chi connectivity index (χ2n) is 6.96. The van der Waals surface area contributed by atoms with E-state index in [9.17, 15) is 31.4 Å². The highest BCUT2D eigenvalue weighted by Gasteiger charge is 2.43. The smallest absolute Gasteiger partial charge is 0.432 e. The molecule has 0 aromatic heterocycles. The van der Waals surface area contributed by atoms with Gasteiger partial charge in [0.2, 0.25) is 0 Å². The molecule has 0 N–H and O–H groups in total. The highest BCUT2D eigenvalue weighted by Crippen LogP contribution is 2.42. The minimum Gasteiger partial charge on any atom is -0.432 e. The summed E-state index contributed by atoms with van der Waals surface area (Å²) < 4.78 is 105. The fourth-order valence-corrected chi connectivity index (χ4v) is 3.20. The van der Waals surface area contributed by atoms with Gasteiger partial charge in [0.1, 0.15) is 17.1 Å². The normalized spacial score (nSPS) is 11.7. The second-order valence-corrected chi connectivity index (χ2v) is 6.96. The van der Waals surface area contributed by atoms with Gasteiger partial charge in [-0.1, -0.05) is 37.6 Å². The number of aryl methyl sites for hydroxylation is 1. The molecule has 0 saturated carbocycles. The first-order valence-corrected chi connectivity index (χ1v) is 9.63. The lowest BCUT2D eigenvalue weighted by Crippen LogP contribution is -2.25. The lowest BCUT2D eigenvalue weighted by molar-refractivity contribution is -0.189. The van der Waals surface area contributed by atoms with Crippen LogP contribution in [0.3, 0.4) is 0 Å². The third-order valence-corrected chi connectivity index (χ3v) is 4.62. The molecule has 3 aromatic carbocycles. The molecule has 0 unspecified atom stereocenters. The maximum atomic E-state index is 15.0. The Kier molecular flexibility index (Phi) is 7.04. The summed E-state index contributed by atoms with van der Waals surface area (Å²) in [6, 6.07) is 7.60. The van der Waals surface area contributed by atoms with Gasteiger partial charge in [0.15, 0.2) is 23.1 Å². The summed E-state index contributed by atoms with van der Waals surface area (Å²) in [6.45, 7) is -1.43. The molecule has 3 nitrogen and oxygen atoms in total. The Morgan fingerprint density at radius 3 is 2.18 bits per heavy atom. The zero-order valence-electron chi connectivity index (χ0n) is 17.0. The Labute approximate surface area is 184 Å². The molecule has 0 heterocycles. The van der Waals surface area contributed by atoms with Crippen molar-refractivity contribution in [2.45, 2.75) is 32.5 Å². The van der Waals surface area contributed by atoms with Crippen LogP contribution in [-0.2, 0) is 17.6 Å². The minimum atomic E-state index is -4.68. The Balaban J connectivity index is 1.99. The number of rotatable bonds is 8. The quantitative estimate of drug-likeness (QED) is 0.316. The van der Waals surface area contributed by atoms with E-state index in [1.165, 1.54) is 12.1 Å². The summed E-state index contributed by atoms with van der Waals surface area (Å²) in [7, 11) is 0. The fraction of sp³-hybridized carbons (Fsp3) is 0.217. The van der Waals surface area contributed by atoms with Crippen LogP contribution in [0.5, 0.6) is 17.2 Å². The van der Waals surface area contributed by atoms with Crippen LogP contribution in [0.15, 0.2) is 48.5 Å². The molecule has 1 radical (unpaired) electrons. The van der Waals surface area contributed by atoms with Gasteiger partial charge in [0.05, 0.1) is 5.56 Å². The standard InChI is InChI=1S/C23H16F7O3/c1-2-3-12-4-6-13(7-5-12)19-17(31)11-16(25)20(21(19)26)23(29,30)33-14-8-9-18(15(24)10-14)32-22(27)28/h4-11,22H,2-3H2,1H3. The van der Waals surface area contributed by atoms with E-state index in [0.29, 0.717) is 18.6 Å². The molecule has 0 spiro atoms. The van der Waals surface area contributed by atoms with E-state index in [2.05, 4.69) is 9.47 Å². The van der Waals surface area contributed by atoms with Crippen LogP contribution in [0, 0.1) is 17.5 Å². The van der Waals surface area contributed by atoms with E-state index in [1.54, 1.807) is 12.1 Å². The molecule has 3 rings (SSSR count). The van der Waals surface area contributed by atoms with Crippen molar-refractivity contribution in [3.05, 3.63) is 77.1 Å². The third kappa shape index (κ3) is 5.32. The van der Waals surface area contributed by atoms with E-state index < -0.39 is 58.5 Å². The molecular weight excluding hydrogens is 457 g/mol. The Morgan fingerprint density at radius 1 is 0.939 bits per heavy atom. The van der Waals surface area contributed by atoms with Crippen molar-refractivity contribution in [1.29, 1.82) is 0 Å². The molecule has 175 valence electrons. The molecule has 0 aliphatic rings. The molecular formula is C23H16F7O3. The van der Waals surface area contributed by atoms with Gasteiger partial charge in [0.25, 0.3) is 0 Å². The number of hydrogen-bond acceptors (Lipinski definition) is 2. The average Bonchev–Trinajstić information content (AvgIpc) is 2.70. The third-order valence-electron chi connectivity index (χ3n) is 4.62. The largest absolute Gasteiger partial charge is 0.432 e. The topological polar surface area (TPSA) is 38.4 Å². The van der Waals surface area contributed by atoms with Crippen molar-refractivity contribution in [2.24, 2.45) is 0 Å². The number of benzene rings is 3. The highest BCUT2D eigenvalue weighted by molar-refractivity contribution is 5.72. The molecule has 0 aliphatic heterocycles. The Morgan fingerprint density at radius 2 is 1.61 bits per heavy atom. The van der Waals surface area contributed by atoms with Crippen molar-refractivity contribution in [3.63, 3.8) is 0 Å². The maximum Gasteiger partial charge on any atom is 0.432 e. The number of hydrogen-bond donors (Lipinski definition) is 0. The molecule has 0 bridgehead atoms.